The minimum atomic E-state index is -0.436. The Morgan fingerprint density at radius 3 is 2.03 bits per heavy atom. The SMILES string of the molecule is CC(NC(=O)c1cccn(Cc2ccccc2)c1=O)c1ccc(NC(=O)Nc2ccccc2)cc1. The largest absolute Gasteiger partial charge is 0.345 e. The fourth-order valence-electron chi connectivity index (χ4n) is 3.64. The Kier molecular flexibility index (Phi) is 7.37. The number of rotatable bonds is 7. The molecule has 0 aliphatic rings. The summed E-state index contributed by atoms with van der Waals surface area (Å²) in [4.78, 5) is 37.9. The lowest BCUT2D eigenvalue weighted by Gasteiger charge is -2.16. The van der Waals surface area contributed by atoms with Gasteiger partial charge < -0.3 is 20.5 Å². The van der Waals surface area contributed by atoms with Gasteiger partial charge >= 0.3 is 6.03 Å². The van der Waals surface area contributed by atoms with Crippen LogP contribution in [0.15, 0.2) is 108 Å². The average Bonchev–Trinajstić information content (AvgIpc) is 2.87. The Hall–Kier alpha value is -4.65. The van der Waals surface area contributed by atoms with Crippen molar-refractivity contribution in [1.29, 1.82) is 0 Å². The van der Waals surface area contributed by atoms with Crippen molar-refractivity contribution < 1.29 is 9.59 Å². The van der Waals surface area contributed by atoms with Crippen LogP contribution in [0.2, 0.25) is 0 Å². The molecule has 7 heteroatoms. The topological polar surface area (TPSA) is 92.2 Å². The number of amides is 3. The maximum absolute atomic E-state index is 12.9. The van der Waals surface area contributed by atoms with Gasteiger partial charge in [-0.1, -0.05) is 60.7 Å². The molecule has 0 aliphatic carbocycles. The van der Waals surface area contributed by atoms with Crippen molar-refractivity contribution in [2.24, 2.45) is 0 Å². The maximum atomic E-state index is 12.9. The molecule has 7 nitrogen and oxygen atoms in total. The van der Waals surface area contributed by atoms with Gasteiger partial charge in [-0.25, -0.2) is 4.79 Å². The monoisotopic (exact) mass is 466 g/mol. The summed E-state index contributed by atoms with van der Waals surface area (Å²) in [5, 5.41) is 8.42. The van der Waals surface area contributed by atoms with E-state index >= 15 is 0 Å². The van der Waals surface area contributed by atoms with Crippen molar-refractivity contribution in [3.63, 3.8) is 0 Å². The van der Waals surface area contributed by atoms with Crippen LogP contribution < -0.4 is 21.5 Å². The van der Waals surface area contributed by atoms with Crippen LogP contribution in [0.3, 0.4) is 0 Å². The molecule has 4 rings (SSSR count). The van der Waals surface area contributed by atoms with Gasteiger partial charge in [0.15, 0.2) is 0 Å². The summed E-state index contributed by atoms with van der Waals surface area (Å²) in [6.45, 7) is 2.23. The first-order valence-electron chi connectivity index (χ1n) is 11.3. The van der Waals surface area contributed by atoms with Crippen LogP contribution in [0.4, 0.5) is 16.2 Å². The Labute approximate surface area is 203 Å². The highest BCUT2D eigenvalue weighted by atomic mass is 16.2. The number of pyridine rings is 1. The van der Waals surface area contributed by atoms with E-state index in [-0.39, 0.29) is 23.2 Å². The molecule has 0 saturated heterocycles. The molecule has 1 unspecified atom stereocenters. The van der Waals surface area contributed by atoms with Gasteiger partial charge in [-0.2, -0.15) is 0 Å². The van der Waals surface area contributed by atoms with Gasteiger partial charge in [-0.3, -0.25) is 9.59 Å². The lowest BCUT2D eigenvalue weighted by atomic mass is 10.1. The standard InChI is InChI=1S/C28H26N4O3/c1-20(22-14-16-24(17-15-22)31-28(35)30-23-11-6-3-7-12-23)29-26(33)25-13-8-18-32(27(25)34)19-21-9-4-2-5-10-21/h2-18,20H,19H2,1H3,(H,29,33)(H2,30,31,35). The van der Waals surface area contributed by atoms with Gasteiger partial charge in [0.2, 0.25) is 0 Å². The van der Waals surface area contributed by atoms with Crippen molar-refractivity contribution in [3.05, 3.63) is 130 Å². The van der Waals surface area contributed by atoms with Gasteiger partial charge in [-0.05, 0) is 54.4 Å². The van der Waals surface area contributed by atoms with Crippen LogP contribution in [0.25, 0.3) is 0 Å². The first-order chi connectivity index (χ1) is 17.0. The molecule has 0 fully saturated rings. The second-order valence-electron chi connectivity index (χ2n) is 8.10. The number of para-hydroxylation sites is 1. The summed E-state index contributed by atoms with van der Waals surface area (Å²) in [5.41, 5.74) is 2.88. The van der Waals surface area contributed by atoms with E-state index in [0.29, 0.717) is 17.9 Å². The Balaban J connectivity index is 1.37. The normalized spacial score (nSPS) is 11.3. The Morgan fingerprint density at radius 1 is 0.771 bits per heavy atom. The first-order valence-corrected chi connectivity index (χ1v) is 11.3. The smallest absolute Gasteiger partial charge is 0.323 e. The highest BCUT2D eigenvalue weighted by molar-refractivity contribution is 5.99. The summed E-state index contributed by atoms with van der Waals surface area (Å²) in [7, 11) is 0. The second kappa shape index (κ2) is 11.0. The van der Waals surface area contributed by atoms with Crippen LogP contribution in [0.5, 0.6) is 0 Å². The van der Waals surface area contributed by atoms with Crippen LogP contribution in [0, 0.1) is 0 Å². The number of benzene rings is 3. The molecule has 1 aromatic heterocycles. The van der Waals surface area contributed by atoms with Crippen LogP contribution >= 0.6 is 0 Å². The van der Waals surface area contributed by atoms with Gasteiger partial charge in [-0.15, -0.1) is 0 Å². The minimum absolute atomic E-state index is 0.0890. The first kappa shape index (κ1) is 23.5. The van der Waals surface area contributed by atoms with E-state index in [1.807, 2.05) is 67.6 Å². The minimum Gasteiger partial charge on any atom is -0.345 e. The molecular formula is C28H26N4O3. The molecule has 0 radical (unpaired) electrons. The molecule has 4 aromatic rings. The number of urea groups is 1. The number of carbonyl (C=O) groups excluding carboxylic acids is 2. The number of carbonyl (C=O) groups is 2. The number of hydrogen-bond donors (Lipinski definition) is 3. The number of hydrogen-bond acceptors (Lipinski definition) is 3. The summed E-state index contributed by atoms with van der Waals surface area (Å²) in [6, 6.07) is 28.5. The Morgan fingerprint density at radius 2 is 1.37 bits per heavy atom. The molecule has 3 aromatic carbocycles. The fraction of sp³-hybridized carbons (Fsp3) is 0.107. The maximum Gasteiger partial charge on any atom is 0.323 e. The van der Waals surface area contributed by atoms with Crippen molar-refractivity contribution >= 4 is 23.3 Å². The summed E-state index contributed by atoms with van der Waals surface area (Å²) < 4.78 is 1.52. The lowest BCUT2D eigenvalue weighted by molar-refractivity contribution is 0.0937. The van der Waals surface area contributed by atoms with Crippen molar-refractivity contribution in [2.45, 2.75) is 19.5 Å². The van der Waals surface area contributed by atoms with Gasteiger partial charge in [0.1, 0.15) is 5.56 Å². The van der Waals surface area contributed by atoms with E-state index in [2.05, 4.69) is 16.0 Å². The molecule has 35 heavy (non-hydrogen) atoms. The molecule has 1 heterocycles. The van der Waals surface area contributed by atoms with Gasteiger partial charge in [0.05, 0.1) is 12.6 Å². The molecular weight excluding hydrogens is 440 g/mol. The van der Waals surface area contributed by atoms with E-state index in [0.717, 1.165) is 11.1 Å². The van der Waals surface area contributed by atoms with E-state index < -0.39 is 5.91 Å². The van der Waals surface area contributed by atoms with Crippen molar-refractivity contribution in [2.75, 3.05) is 10.6 Å². The molecule has 3 N–H and O–H groups in total. The molecule has 0 aliphatic heterocycles. The fourth-order valence-corrected chi connectivity index (χ4v) is 3.64. The van der Waals surface area contributed by atoms with E-state index in [1.54, 1.807) is 36.5 Å². The summed E-state index contributed by atoms with van der Waals surface area (Å²) in [5.74, 6) is -0.436. The zero-order chi connectivity index (χ0) is 24.6. The highest BCUT2D eigenvalue weighted by Crippen LogP contribution is 2.17. The number of anilines is 2. The predicted octanol–water partition coefficient (Wildman–Crippen LogP) is 5.03. The zero-order valence-electron chi connectivity index (χ0n) is 19.3. The molecule has 3 amide bonds. The van der Waals surface area contributed by atoms with Crippen molar-refractivity contribution in [3.8, 4) is 0 Å². The van der Waals surface area contributed by atoms with Crippen LogP contribution in [0.1, 0.15) is 34.5 Å². The summed E-state index contributed by atoms with van der Waals surface area (Å²) >= 11 is 0. The lowest BCUT2D eigenvalue weighted by Crippen LogP contribution is -2.34. The molecule has 176 valence electrons. The average molecular weight is 467 g/mol. The second-order valence-corrected chi connectivity index (χ2v) is 8.10. The quantitative estimate of drug-likeness (QED) is 0.357. The van der Waals surface area contributed by atoms with E-state index in [4.69, 9.17) is 0 Å². The summed E-state index contributed by atoms with van der Waals surface area (Å²) in [6.07, 6.45) is 1.68. The molecule has 0 bridgehead atoms. The number of nitrogens with zero attached hydrogens (tertiary/aromatic N) is 1. The van der Waals surface area contributed by atoms with Gasteiger partial charge in [0, 0.05) is 17.6 Å². The van der Waals surface area contributed by atoms with Crippen molar-refractivity contribution in [1.82, 2.24) is 9.88 Å². The third-order valence-corrected chi connectivity index (χ3v) is 5.51. The molecule has 0 spiro atoms. The third kappa shape index (κ3) is 6.23. The van der Waals surface area contributed by atoms with E-state index in [9.17, 15) is 14.4 Å². The van der Waals surface area contributed by atoms with Crippen LogP contribution in [-0.2, 0) is 6.54 Å². The molecule has 0 saturated carbocycles. The van der Waals surface area contributed by atoms with E-state index in [1.165, 1.54) is 10.6 Å². The highest BCUT2D eigenvalue weighted by Gasteiger charge is 2.16. The van der Waals surface area contributed by atoms with Crippen LogP contribution in [-0.4, -0.2) is 16.5 Å². The predicted molar refractivity (Wildman–Crippen MR) is 138 cm³/mol. The Bertz CT molecular complexity index is 1350. The third-order valence-electron chi connectivity index (χ3n) is 5.51. The number of nitrogens with one attached hydrogen (secondary N) is 3. The van der Waals surface area contributed by atoms with Gasteiger partial charge in [0.25, 0.3) is 11.5 Å². The molecule has 1 atom stereocenters. The zero-order valence-corrected chi connectivity index (χ0v) is 19.3. The number of aromatic nitrogens is 1.